The second-order valence-electron chi connectivity index (χ2n) is 5.64. The van der Waals surface area contributed by atoms with Crippen molar-refractivity contribution in [2.24, 2.45) is 0 Å². The van der Waals surface area contributed by atoms with Gasteiger partial charge in [0.1, 0.15) is 0 Å². The fourth-order valence-corrected chi connectivity index (χ4v) is 2.91. The lowest BCUT2D eigenvalue weighted by atomic mass is 10.2. The highest BCUT2D eigenvalue weighted by atomic mass is 32.1. The summed E-state index contributed by atoms with van der Waals surface area (Å²) in [4.78, 5) is 14.1. The summed E-state index contributed by atoms with van der Waals surface area (Å²) in [5, 5.41) is 3.29. The first-order chi connectivity index (χ1) is 11.6. The van der Waals surface area contributed by atoms with E-state index in [1.807, 2.05) is 12.1 Å². The molecule has 0 atom stereocenters. The van der Waals surface area contributed by atoms with Gasteiger partial charge in [-0.25, -0.2) is 0 Å². The van der Waals surface area contributed by atoms with Crippen molar-refractivity contribution in [1.29, 1.82) is 0 Å². The first kappa shape index (κ1) is 18.3. The van der Waals surface area contributed by atoms with Crippen LogP contribution in [0.5, 0.6) is 11.5 Å². The van der Waals surface area contributed by atoms with Crippen LogP contribution in [0.15, 0.2) is 24.3 Å². The summed E-state index contributed by atoms with van der Waals surface area (Å²) in [5.74, 6) is 1.06. The minimum atomic E-state index is -0.223. The summed E-state index contributed by atoms with van der Waals surface area (Å²) in [6.07, 6.45) is 7.90. The molecule has 0 aliphatic carbocycles. The van der Waals surface area contributed by atoms with Crippen LogP contribution >= 0.6 is 12.2 Å². The summed E-state index contributed by atoms with van der Waals surface area (Å²) in [5.41, 5.74) is 0.850. The number of nitrogens with zero attached hydrogens (tertiary/aromatic N) is 1. The standard InChI is InChI=1S/C18H24N2O3S/c1-22-15-9-7-14(13-16(15)23-2)8-10-17(21)19-18(24)20-11-5-3-4-6-12-20/h7-10,13H,3-6,11-12H2,1-2H3,(H,19,21,24)/b10-8+. The molecule has 24 heavy (non-hydrogen) atoms. The van der Waals surface area contributed by atoms with Crippen molar-refractivity contribution >= 4 is 29.3 Å². The van der Waals surface area contributed by atoms with Gasteiger partial charge in [0.25, 0.3) is 0 Å². The van der Waals surface area contributed by atoms with Crippen molar-refractivity contribution in [3.05, 3.63) is 29.8 Å². The van der Waals surface area contributed by atoms with E-state index >= 15 is 0 Å². The molecule has 2 rings (SSSR count). The molecule has 0 spiro atoms. The van der Waals surface area contributed by atoms with Crippen LogP contribution in [0.25, 0.3) is 6.08 Å². The molecule has 5 nitrogen and oxygen atoms in total. The van der Waals surface area contributed by atoms with E-state index in [1.54, 1.807) is 26.4 Å². The topological polar surface area (TPSA) is 50.8 Å². The zero-order valence-corrected chi connectivity index (χ0v) is 15.0. The summed E-state index contributed by atoms with van der Waals surface area (Å²) < 4.78 is 10.4. The lowest BCUT2D eigenvalue weighted by Crippen LogP contribution is -2.42. The van der Waals surface area contributed by atoms with Gasteiger partial charge in [0.2, 0.25) is 5.91 Å². The van der Waals surface area contributed by atoms with E-state index in [4.69, 9.17) is 21.7 Å². The third-order valence-electron chi connectivity index (χ3n) is 3.96. The van der Waals surface area contributed by atoms with Crippen LogP contribution in [0.4, 0.5) is 0 Å². The molecule has 1 heterocycles. The van der Waals surface area contributed by atoms with Crippen LogP contribution in [0, 0.1) is 0 Å². The van der Waals surface area contributed by atoms with Gasteiger partial charge in [-0.15, -0.1) is 0 Å². The Hall–Kier alpha value is -2.08. The molecule has 1 saturated heterocycles. The smallest absolute Gasteiger partial charge is 0.250 e. The molecule has 130 valence electrons. The monoisotopic (exact) mass is 348 g/mol. The second-order valence-corrected chi connectivity index (χ2v) is 6.03. The fraction of sp³-hybridized carbons (Fsp3) is 0.444. The second kappa shape index (κ2) is 9.27. The predicted molar refractivity (Wildman–Crippen MR) is 99.4 cm³/mol. The molecule has 1 aromatic carbocycles. The third-order valence-corrected chi connectivity index (χ3v) is 4.32. The lowest BCUT2D eigenvalue weighted by Gasteiger charge is -2.22. The number of carbonyl (C=O) groups excluding carboxylic acids is 1. The van der Waals surface area contributed by atoms with Crippen LogP contribution in [0.2, 0.25) is 0 Å². The van der Waals surface area contributed by atoms with E-state index in [0.29, 0.717) is 16.6 Å². The van der Waals surface area contributed by atoms with Crippen LogP contribution < -0.4 is 14.8 Å². The molecule has 1 N–H and O–H groups in total. The van der Waals surface area contributed by atoms with Gasteiger partial charge in [-0.1, -0.05) is 18.9 Å². The van der Waals surface area contributed by atoms with Crippen molar-refractivity contribution < 1.29 is 14.3 Å². The highest BCUT2D eigenvalue weighted by Crippen LogP contribution is 2.27. The van der Waals surface area contributed by atoms with Crippen molar-refractivity contribution in [1.82, 2.24) is 10.2 Å². The molecular weight excluding hydrogens is 324 g/mol. The van der Waals surface area contributed by atoms with E-state index in [9.17, 15) is 4.79 Å². The SMILES string of the molecule is COc1ccc(/C=C/C(=O)NC(=S)N2CCCCCC2)cc1OC. The van der Waals surface area contributed by atoms with Gasteiger partial charge in [-0.3, -0.25) is 10.1 Å². The quantitative estimate of drug-likeness (QED) is 0.670. The first-order valence-corrected chi connectivity index (χ1v) is 8.55. The first-order valence-electron chi connectivity index (χ1n) is 8.14. The van der Waals surface area contributed by atoms with Crippen molar-refractivity contribution in [2.45, 2.75) is 25.7 Å². The molecule has 1 amide bonds. The van der Waals surface area contributed by atoms with Gasteiger partial charge < -0.3 is 14.4 Å². The molecule has 1 aromatic rings. The maximum Gasteiger partial charge on any atom is 0.250 e. The Morgan fingerprint density at radius 3 is 2.42 bits per heavy atom. The molecule has 0 saturated carbocycles. The Morgan fingerprint density at radius 1 is 1.12 bits per heavy atom. The average molecular weight is 348 g/mol. The third kappa shape index (κ3) is 5.23. The zero-order valence-electron chi connectivity index (χ0n) is 14.2. The van der Waals surface area contributed by atoms with E-state index in [2.05, 4.69) is 10.2 Å². The molecule has 1 aliphatic rings. The fourth-order valence-electron chi connectivity index (χ4n) is 2.63. The Morgan fingerprint density at radius 2 is 1.79 bits per heavy atom. The molecule has 1 fully saturated rings. The minimum absolute atomic E-state index is 0.223. The number of carbonyl (C=O) groups is 1. The number of nitrogens with one attached hydrogen (secondary N) is 1. The summed E-state index contributed by atoms with van der Waals surface area (Å²) in [6, 6.07) is 5.48. The summed E-state index contributed by atoms with van der Waals surface area (Å²) in [6.45, 7) is 1.83. The van der Waals surface area contributed by atoms with E-state index in [1.165, 1.54) is 18.9 Å². The van der Waals surface area contributed by atoms with Gasteiger partial charge in [0, 0.05) is 19.2 Å². The number of ether oxygens (including phenoxy) is 2. The van der Waals surface area contributed by atoms with Gasteiger partial charge in [0.05, 0.1) is 14.2 Å². The van der Waals surface area contributed by atoms with Crippen LogP contribution in [0.1, 0.15) is 31.2 Å². The van der Waals surface area contributed by atoms with Crippen LogP contribution in [0.3, 0.4) is 0 Å². The van der Waals surface area contributed by atoms with Crippen LogP contribution in [-0.2, 0) is 4.79 Å². The molecule has 1 aliphatic heterocycles. The normalized spacial score (nSPS) is 15.0. The van der Waals surface area contributed by atoms with Gasteiger partial charge in [-0.2, -0.15) is 0 Å². The number of hydrogen-bond acceptors (Lipinski definition) is 4. The van der Waals surface area contributed by atoms with Crippen molar-refractivity contribution in [3.8, 4) is 11.5 Å². The number of methoxy groups -OCH3 is 2. The zero-order chi connectivity index (χ0) is 17.4. The minimum Gasteiger partial charge on any atom is -0.493 e. The number of amides is 1. The van der Waals surface area contributed by atoms with Gasteiger partial charge in [0.15, 0.2) is 16.6 Å². The number of likely N-dealkylation sites (tertiary alicyclic amines) is 1. The molecule has 0 radical (unpaired) electrons. The van der Waals surface area contributed by atoms with Crippen LogP contribution in [-0.4, -0.2) is 43.2 Å². The molecular formula is C18H24N2O3S. The lowest BCUT2D eigenvalue weighted by molar-refractivity contribution is -0.115. The van der Waals surface area contributed by atoms with E-state index < -0.39 is 0 Å². The highest BCUT2D eigenvalue weighted by molar-refractivity contribution is 7.80. The predicted octanol–water partition coefficient (Wildman–Crippen LogP) is 2.99. The Labute approximate surface area is 148 Å². The van der Waals surface area contributed by atoms with E-state index in [0.717, 1.165) is 31.5 Å². The molecule has 0 bridgehead atoms. The average Bonchev–Trinajstić information content (AvgIpc) is 2.89. The molecule has 0 aromatic heterocycles. The summed E-state index contributed by atoms with van der Waals surface area (Å²) >= 11 is 5.34. The number of rotatable bonds is 4. The molecule has 6 heteroatoms. The number of hydrogen-bond donors (Lipinski definition) is 1. The van der Waals surface area contributed by atoms with Gasteiger partial charge >= 0.3 is 0 Å². The van der Waals surface area contributed by atoms with Crippen molar-refractivity contribution in [3.63, 3.8) is 0 Å². The van der Waals surface area contributed by atoms with Gasteiger partial charge in [-0.05, 0) is 48.8 Å². The highest BCUT2D eigenvalue weighted by Gasteiger charge is 2.13. The largest absolute Gasteiger partial charge is 0.493 e. The van der Waals surface area contributed by atoms with Crippen molar-refractivity contribution in [2.75, 3.05) is 27.3 Å². The number of benzene rings is 1. The maximum atomic E-state index is 12.1. The Balaban J connectivity index is 1.93. The Kier molecular flexibility index (Phi) is 7.06. The summed E-state index contributed by atoms with van der Waals surface area (Å²) in [7, 11) is 3.17. The maximum absolute atomic E-state index is 12.1. The van der Waals surface area contributed by atoms with E-state index in [-0.39, 0.29) is 5.91 Å². The Bertz CT molecular complexity index is 608. The molecule has 0 unspecified atom stereocenters. The number of thiocarbonyl (C=S) groups is 1.